The Bertz CT molecular complexity index is 339. The van der Waals surface area contributed by atoms with E-state index in [1.54, 1.807) is 0 Å². The number of likely N-dealkylation sites (N-methyl/N-ethyl adjacent to an activating group) is 1. The van der Waals surface area contributed by atoms with Crippen molar-refractivity contribution in [3.63, 3.8) is 0 Å². The predicted molar refractivity (Wildman–Crippen MR) is 72.1 cm³/mol. The van der Waals surface area contributed by atoms with Gasteiger partial charge in [-0.2, -0.15) is 0 Å². The molecule has 3 nitrogen and oxygen atoms in total. The van der Waals surface area contributed by atoms with E-state index in [4.69, 9.17) is 0 Å². The van der Waals surface area contributed by atoms with Gasteiger partial charge in [0.2, 0.25) is 0 Å². The summed E-state index contributed by atoms with van der Waals surface area (Å²) >= 11 is 0. The summed E-state index contributed by atoms with van der Waals surface area (Å²) in [7, 11) is 4.24. The largest absolute Gasteiger partial charge is 0.353 e. The van der Waals surface area contributed by atoms with Crippen LogP contribution in [0.1, 0.15) is 31.4 Å². The molecule has 1 unspecified atom stereocenters. The van der Waals surface area contributed by atoms with E-state index >= 15 is 0 Å². The van der Waals surface area contributed by atoms with Crippen molar-refractivity contribution in [3.05, 3.63) is 24.0 Å². The Balaban J connectivity index is 1.95. The van der Waals surface area contributed by atoms with Gasteiger partial charge in [-0.15, -0.1) is 0 Å². The molecule has 1 aromatic rings. The van der Waals surface area contributed by atoms with E-state index in [0.717, 1.165) is 25.6 Å². The van der Waals surface area contributed by atoms with Gasteiger partial charge in [-0.05, 0) is 51.0 Å². The molecule has 0 radical (unpaired) electrons. The first-order valence-electron chi connectivity index (χ1n) is 6.74. The molecule has 1 aromatic heterocycles. The van der Waals surface area contributed by atoms with Crippen molar-refractivity contribution < 1.29 is 0 Å². The predicted octanol–water partition coefficient (Wildman–Crippen LogP) is 2.11. The third-order valence-electron chi connectivity index (χ3n) is 3.46. The van der Waals surface area contributed by atoms with Crippen LogP contribution in [-0.4, -0.2) is 36.7 Å². The van der Waals surface area contributed by atoms with Crippen molar-refractivity contribution in [2.24, 2.45) is 5.92 Å². The Morgan fingerprint density at radius 3 is 2.82 bits per heavy atom. The smallest absolute Gasteiger partial charge is 0.0363 e. The number of hydrogen-bond acceptors (Lipinski definition) is 2. The fraction of sp³-hybridized carbons (Fsp3) is 0.714. The van der Waals surface area contributed by atoms with Gasteiger partial charge >= 0.3 is 0 Å². The second-order valence-corrected chi connectivity index (χ2v) is 5.36. The normalized spacial score (nSPS) is 17.6. The molecular weight excluding hydrogens is 210 g/mol. The van der Waals surface area contributed by atoms with Gasteiger partial charge < -0.3 is 14.8 Å². The molecule has 3 heteroatoms. The van der Waals surface area contributed by atoms with Crippen molar-refractivity contribution in [2.75, 3.05) is 27.2 Å². The molecule has 1 N–H and O–H groups in total. The highest BCUT2D eigenvalue weighted by Crippen LogP contribution is 2.40. The van der Waals surface area contributed by atoms with E-state index in [-0.39, 0.29) is 0 Å². The molecule has 0 aliphatic heterocycles. The summed E-state index contributed by atoms with van der Waals surface area (Å²) in [6.45, 7) is 5.43. The topological polar surface area (TPSA) is 20.2 Å². The summed E-state index contributed by atoms with van der Waals surface area (Å²) < 4.78 is 2.31. The number of hydrogen-bond donors (Lipinski definition) is 1. The van der Waals surface area contributed by atoms with Crippen molar-refractivity contribution in [2.45, 2.75) is 32.4 Å². The zero-order chi connectivity index (χ0) is 12.3. The summed E-state index contributed by atoms with van der Waals surface area (Å²) in [6.07, 6.45) is 7.31. The molecule has 96 valence electrons. The quantitative estimate of drug-likeness (QED) is 0.781. The minimum absolute atomic E-state index is 0.584. The van der Waals surface area contributed by atoms with Gasteiger partial charge in [0.1, 0.15) is 0 Å². The van der Waals surface area contributed by atoms with E-state index in [0.29, 0.717) is 6.04 Å². The van der Waals surface area contributed by atoms with Crippen LogP contribution in [0.3, 0.4) is 0 Å². The van der Waals surface area contributed by atoms with Crippen molar-refractivity contribution >= 4 is 0 Å². The lowest BCUT2D eigenvalue weighted by atomic mass is 10.1. The number of aromatic nitrogens is 1. The molecule has 1 atom stereocenters. The second-order valence-electron chi connectivity index (χ2n) is 5.36. The van der Waals surface area contributed by atoms with E-state index in [9.17, 15) is 0 Å². The van der Waals surface area contributed by atoms with Gasteiger partial charge in [0.25, 0.3) is 0 Å². The van der Waals surface area contributed by atoms with Crippen LogP contribution in [0, 0.1) is 5.92 Å². The Labute approximate surface area is 105 Å². The summed E-state index contributed by atoms with van der Waals surface area (Å²) in [5, 5.41) is 3.62. The maximum atomic E-state index is 3.62. The van der Waals surface area contributed by atoms with Gasteiger partial charge in [-0.25, -0.2) is 0 Å². The summed E-state index contributed by atoms with van der Waals surface area (Å²) in [6, 6.07) is 2.86. The Morgan fingerprint density at radius 2 is 2.24 bits per heavy atom. The molecule has 1 heterocycles. The molecule has 1 saturated carbocycles. The van der Waals surface area contributed by atoms with Crippen LogP contribution in [-0.2, 0) is 6.54 Å². The van der Waals surface area contributed by atoms with E-state index < -0.39 is 0 Å². The summed E-state index contributed by atoms with van der Waals surface area (Å²) in [5.74, 6) is 0.875. The minimum Gasteiger partial charge on any atom is -0.353 e. The average Bonchev–Trinajstić information content (AvgIpc) is 3.02. The second kappa shape index (κ2) is 5.69. The monoisotopic (exact) mass is 235 g/mol. The first kappa shape index (κ1) is 12.7. The molecular formula is C14H25N3. The van der Waals surface area contributed by atoms with Gasteiger partial charge in [-0.1, -0.05) is 6.92 Å². The van der Waals surface area contributed by atoms with Crippen molar-refractivity contribution in [3.8, 4) is 0 Å². The molecule has 2 rings (SSSR count). The Kier molecular flexibility index (Phi) is 4.24. The lowest BCUT2D eigenvalue weighted by molar-refractivity contribution is 0.383. The zero-order valence-electron chi connectivity index (χ0n) is 11.3. The van der Waals surface area contributed by atoms with Crippen LogP contribution in [0.5, 0.6) is 0 Å². The molecule has 0 amide bonds. The molecule has 0 aromatic carbocycles. The fourth-order valence-corrected chi connectivity index (χ4v) is 2.30. The Morgan fingerprint density at radius 1 is 1.47 bits per heavy atom. The number of nitrogens with one attached hydrogen (secondary N) is 1. The average molecular weight is 235 g/mol. The first-order valence-corrected chi connectivity index (χ1v) is 6.74. The van der Waals surface area contributed by atoms with Gasteiger partial charge in [0.15, 0.2) is 0 Å². The standard InChI is InChI=1S/C14H25N3/c1-4-15-14(12-5-6-12)13-7-8-17(11-13)10-9-16(2)3/h7-8,11-12,14-15H,4-6,9-10H2,1-3H3. The highest BCUT2D eigenvalue weighted by atomic mass is 15.1. The molecule has 0 spiro atoms. The van der Waals surface area contributed by atoms with Crippen LogP contribution in [0.15, 0.2) is 18.5 Å². The lowest BCUT2D eigenvalue weighted by Crippen LogP contribution is -2.22. The zero-order valence-corrected chi connectivity index (χ0v) is 11.3. The fourth-order valence-electron chi connectivity index (χ4n) is 2.30. The highest BCUT2D eigenvalue weighted by molar-refractivity contribution is 5.18. The molecule has 0 bridgehead atoms. The maximum absolute atomic E-state index is 3.62. The maximum Gasteiger partial charge on any atom is 0.0363 e. The lowest BCUT2D eigenvalue weighted by Gasteiger charge is -2.16. The molecule has 1 fully saturated rings. The number of rotatable bonds is 7. The van der Waals surface area contributed by atoms with Crippen LogP contribution < -0.4 is 5.32 Å². The molecule has 0 saturated heterocycles. The van der Waals surface area contributed by atoms with Crippen LogP contribution in [0.4, 0.5) is 0 Å². The van der Waals surface area contributed by atoms with Crippen LogP contribution >= 0.6 is 0 Å². The van der Waals surface area contributed by atoms with Gasteiger partial charge in [0, 0.05) is 31.5 Å². The SMILES string of the molecule is CCNC(c1ccn(CCN(C)C)c1)C1CC1. The van der Waals surface area contributed by atoms with Crippen LogP contribution in [0.25, 0.3) is 0 Å². The van der Waals surface area contributed by atoms with Gasteiger partial charge in [-0.3, -0.25) is 0 Å². The van der Waals surface area contributed by atoms with Crippen LogP contribution in [0.2, 0.25) is 0 Å². The first-order chi connectivity index (χ1) is 8.20. The third kappa shape index (κ3) is 3.58. The van der Waals surface area contributed by atoms with Crippen molar-refractivity contribution in [1.29, 1.82) is 0 Å². The van der Waals surface area contributed by atoms with Crippen molar-refractivity contribution in [1.82, 2.24) is 14.8 Å². The highest BCUT2D eigenvalue weighted by Gasteiger charge is 2.31. The van der Waals surface area contributed by atoms with Gasteiger partial charge in [0.05, 0.1) is 0 Å². The van der Waals surface area contributed by atoms with E-state index in [1.807, 2.05) is 0 Å². The molecule has 17 heavy (non-hydrogen) atoms. The minimum atomic E-state index is 0.584. The summed E-state index contributed by atoms with van der Waals surface area (Å²) in [4.78, 5) is 2.22. The Hall–Kier alpha value is -0.800. The third-order valence-corrected chi connectivity index (χ3v) is 3.46. The molecule has 1 aliphatic carbocycles. The van der Waals surface area contributed by atoms with E-state index in [1.165, 1.54) is 18.4 Å². The number of nitrogens with zero attached hydrogens (tertiary/aromatic N) is 2. The summed E-state index contributed by atoms with van der Waals surface area (Å²) in [5.41, 5.74) is 1.47. The molecule has 1 aliphatic rings. The van der Waals surface area contributed by atoms with E-state index in [2.05, 4.69) is 54.3 Å².